The van der Waals surface area contributed by atoms with Crippen LogP contribution >= 0.6 is 0 Å². The summed E-state index contributed by atoms with van der Waals surface area (Å²) in [6, 6.07) is 19.5. The van der Waals surface area contributed by atoms with Crippen molar-refractivity contribution >= 4 is 29.7 Å². The fourth-order valence-corrected chi connectivity index (χ4v) is 2.59. The molecule has 0 atom stereocenters. The van der Waals surface area contributed by atoms with Gasteiger partial charge in [-0.3, -0.25) is 9.59 Å². The average molecular weight is 447 g/mol. The third-order valence-electron chi connectivity index (χ3n) is 4.35. The summed E-state index contributed by atoms with van der Waals surface area (Å²) in [5.41, 5.74) is 3.60. The number of rotatable bonds is 7. The van der Waals surface area contributed by atoms with Crippen LogP contribution in [0.4, 0.5) is 5.69 Å². The number of nitrogens with zero attached hydrogens (tertiary/aromatic N) is 1. The van der Waals surface area contributed by atoms with Crippen LogP contribution in [-0.4, -0.2) is 38.2 Å². The number of methoxy groups -OCH3 is 2. The van der Waals surface area contributed by atoms with Gasteiger partial charge in [0, 0.05) is 5.69 Å². The maximum absolute atomic E-state index is 12.2. The lowest BCUT2D eigenvalue weighted by Gasteiger charge is -2.06. The molecule has 3 aromatic carbocycles. The van der Waals surface area contributed by atoms with Crippen molar-refractivity contribution in [2.24, 2.45) is 5.10 Å². The molecule has 168 valence electrons. The first-order valence-electron chi connectivity index (χ1n) is 9.73. The molecule has 9 heteroatoms. The Morgan fingerprint density at radius 2 is 1.27 bits per heavy atom. The van der Waals surface area contributed by atoms with E-state index in [1.165, 1.54) is 13.3 Å². The summed E-state index contributed by atoms with van der Waals surface area (Å²) in [6.45, 7) is 0. The van der Waals surface area contributed by atoms with Gasteiger partial charge in [0.15, 0.2) is 0 Å². The predicted octanol–water partition coefficient (Wildman–Crippen LogP) is 3.01. The van der Waals surface area contributed by atoms with Crippen molar-refractivity contribution in [1.82, 2.24) is 5.43 Å². The number of carbonyl (C=O) groups is 3. The van der Waals surface area contributed by atoms with Gasteiger partial charge in [-0.15, -0.1) is 0 Å². The minimum Gasteiger partial charge on any atom is -0.497 e. The topological polar surface area (TPSA) is 115 Å². The maximum atomic E-state index is 12.2. The van der Waals surface area contributed by atoms with Gasteiger partial charge in [0.25, 0.3) is 0 Å². The van der Waals surface area contributed by atoms with E-state index in [-0.39, 0.29) is 0 Å². The Hall–Kier alpha value is -4.66. The van der Waals surface area contributed by atoms with Crippen LogP contribution in [0.5, 0.6) is 17.2 Å². The molecular formula is C24H21N3O6. The van der Waals surface area contributed by atoms with Gasteiger partial charge in [0.05, 0.1) is 26.0 Å². The van der Waals surface area contributed by atoms with Gasteiger partial charge in [-0.25, -0.2) is 10.2 Å². The van der Waals surface area contributed by atoms with Crippen molar-refractivity contribution in [2.45, 2.75) is 0 Å². The Labute approximate surface area is 190 Å². The summed E-state index contributed by atoms with van der Waals surface area (Å²) < 4.78 is 15.4. The van der Waals surface area contributed by atoms with Gasteiger partial charge in [-0.2, -0.15) is 5.10 Å². The second-order valence-electron chi connectivity index (χ2n) is 6.57. The molecule has 3 aromatic rings. The van der Waals surface area contributed by atoms with Crippen LogP contribution in [0.1, 0.15) is 15.9 Å². The molecule has 0 unspecified atom stereocenters. The highest BCUT2D eigenvalue weighted by molar-refractivity contribution is 6.39. The molecule has 9 nitrogen and oxygen atoms in total. The largest absolute Gasteiger partial charge is 0.497 e. The fraction of sp³-hybridized carbons (Fsp3) is 0.0833. The Balaban J connectivity index is 1.49. The van der Waals surface area contributed by atoms with E-state index in [0.717, 1.165) is 0 Å². The van der Waals surface area contributed by atoms with Crippen LogP contribution < -0.4 is 25.0 Å². The van der Waals surface area contributed by atoms with Crippen LogP contribution in [0.2, 0.25) is 0 Å². The molecule has 0 fully saturated rings. The number of benzene rings is 3. The minimum atomic E-state index is -0.924. The number of amides is 2. The minimum absolute atomic E-state index is 0.343. The SMILES string of the molecule is COc1ccc(NC(=O)C(=O)N/N=C\c2ccc(OC(=O)c3ccc(OC)cc3)cc2)cc1. The first kappa shape index (κ1) is 23.0. The van der Waals surface area contributed by atoms with E-state index in [4.69, 9.17) is 14.2 Å². The zero-order valence-electron chi connectivity index (χ0n) is 17.9. The van der Waals surface area contributed by atoms with Gasteiger partial charge in [-0.1, -0.05) is 0 Å². The van der Waals surface area contributed by atoms with Crippen LogP contribution in [-0.2, 0) is 9.59 Å². The van der Waals surface area contributed by atoms with Crippen molar-refractivity contribution in [3.63, 3.8) is 0 Å². The van der Waals surface area contributed by atoms with Crippen molar-refractivity contribution in [3.05, 3.63) is 83.9 Å². The number of ether oxygens (including phenoxy) is 3. The molecule has 0 aliphatic heterocycles. The quantitative estimate of drug-likeness (QED) is 0.189. The van der Waals surface area contributed by atoms with Gasteiger partial charge in [0.2, 0.25) is 0 Å². The van der Waals surface area contributed by atoms with Crippen LogP contribution in [0.3, 0.4) is 0 Å². The summed E-state index contributed by atoms with van der Waals surface area (Å²) in [7, 11) is 3.07. The summed E-state index contributed by atoms with van der Waals surface area (Å²) >= 11 is 0. The summed E-state index contributed by atoms with van der Waals surface area (Å²) in [6.07, 6.45) is 1.35. The standard InChI is InChI=1S/C24H21N3O6/c1-31-19-11-5-17(6-12-19)24(30)33-21-9-3-16(4-10-21)15-25-27-23(29)22(28)26-18-7-13-20(32-2)14-8-18/h3-15H,1-2H3,(H,26,28)(H,27,29)/b25-15-. The van der Waals surface area contributed by atoms with E-state index in [1.807, 2.05) is 0 Å². The molecule has 0 aromatic heterocycles. The van der Waals surface area contributed by atoms with E-state index < -0.39 is 17.8 Å². The van der Waals surface area contributed by atoms with Crippen molar-refractivity contribution in [3.8, 4) is 17.2 Å². The molecule has 0 aliphatic rings. The number of hydrogen-bond acceptors (Lipinski definition) is 7. The monoisotopic (exact) mass is 447 g/mol. The Morgan fingerprint density at radius 1 is 0.727 bits per heavy atom. The smallest absolute Gasteiger partial charge is 0.343 e. The first-order valence-corrected chi connectivity index (χ1v) is 9.73. The van der Waals surface area contributed by atoms with Gasteiger partial charge < -0.3 is 19.5 Å². The highest BCUT2D eigenvalue weighted by Gasteiger charge is 2.13. The van der Waals surface area contributed by atoms with Crippen molar-refractivity contribution in [1.29, 1.82) is 0 Å². The molecule has 2 N–H and O–H groups in total. The number of nitrogens with one attached hydrogen (secondary N) is 2. The van der Waals surface area contributed by atoms with E-state index in [0.29, 0.717) is 34.1 Å². The lowest BCUT2D eigenvalue weighted by atomic mass is 10.2. The maximum Gasteiger partial charge on any atom is 0.343 e. The molecule has 0 saturated heterocycles. The predicted molar refractivity (Wildman–Crippen MR) is 122 cm³/mol. The number of hydrogen-bond donors (Lipinski definition) is 2. The van der Waals surface area contributed by atoms with Gasteiger partial charge in [-0.05, 0) is 78.4 Å². The molecular weight excluding hydrogens is 426 g/mol. The highest BCUT2D eigenvalue weighted by atomic mass is 16.5. The normalized spacial score (nSPS) is 10.4. The summed E-state index contributed by atoms with van der Waals surface area (Å²) in [5, 5.41) is 6.21. The Kier molecular flexibility index (Phi) is 7.74. The molecule has 0 spiro atoms. The van der Waals surface area contributed by atoms with Gasteiger partial charge in [0.1, 0.15) is 17.2 Å². The molecule has 3 rings (SSSR count). The van der Waals surface area contributed by atoms with E-state index in [1.54, 1.807) is 79.9 Å². The molecule has 0 heterocycles. The van der Waals surface area contributed by atoms with E-state index in [9.17, 15) is 14.4 Å². The Bertz CT molecular complexity index is 1140. The fourth-order valence-electron chi connectivity index (χ4n) is 2.59. The lowest BCUT2D eigenvalue weighted by Crippen LogP contribution is -2.32. The Morgan fingerprint density at radius 3 is 1.85 bits per heavy atom. The van der Waals surface area contributed by atoms with Crippen LogP contribution in [0, 0.1) is 0 Å². The number of hydrazone groups is 1. The molecule has 0 aliphatic carbocycles. The highest BCUT2D eigenvalue weighted by Crippen LogP contribution is 2.16. The molecule has 0 saturated carbocycles. The third-order valence-corrected chi connectivity index (χ3v) is 4.35. The molecule has 33 heavy (non-hydrogen) atoms. The van der Waals surface area contributed by atoms with E-state index >= 15 is 0 Å². The summed E-state index contributed by atoms with van der Waals surface area (Å²) in [4.78, 5) is 36.0. The third kappa shape index (κ3) is 6.66. The number of esters is 1. The zero-order chi connectivity index (χ0) is 23.6. The molecule has 0 radical (unpaired) electrons. The second kappa shape index (κ2) is 11.1. The number of anilines is 1. The lowest BCUT2D eigenvalue weighted by molar-refractivity contribution is -0.136. The zero-order valence-corrected chi connectivity index (χ0v) is 17.9. The van der Waals surface area contributed by atoms with Crippen molar-refractivity contribution in [2.75, 3.05) is 19.5 Å². The molecule has 0 bridgehead atoms. The van der Waals surface area contributed by atoms with Gasteiger partial charge >= 0.3 is 17.8 Å². The second-order valence-corrected chi connectivity index (χ2v) is 6.57. The van der Waals surface area contributed by atoms with E-state index in [2.05, 4.69) is 15.8 Å². The molecule has 2 amide bonds. The van der Waals surface area contributed by atoms with Crippen LogP contribution in [0.15, 0.2) is 77.9 Å². The average Bonchev–Trinajstić information content (AvgIpc) is 2.85. The van der Waals surface area contributed by atoms with Crippen molar-refractivity contribution < 1.29 is 28.6 Å². The summed E-state index contributed by atoms with van der Waals surface area (Å²) in [5.74, 6) is -0.681. The van der Waals surface area contributed by atoms with Crippen LogP contribution in [0.25, 0.3) is 0 Å². The number of carbonyl (C=O) groups excluding carboxylic acids is 3. The first-order chi connectivity index (χ1) is 16.0.